The van der Waals surface area contributed by atoms with Crippen molar-refractivity contribution >= 4 is 17.6 Å². The number of halogens is 2. The van der Waals surface area contributed by atoms with E-state index in [1.807, 2.05) is 6.92 Å². The maximum absolute atomic E-state index is 13.7. The molecule has 0 heterocycles. The lowest BCUT2D eigenvalue weighted by molar-refractivity contribution is 0.120. The van der Waals surface area contributed by atoms with Gasteiger partial charge >= 0.3 is 0 Å². The Morgan fingerprint density at radius 2 is 2.09 bits per heavy atom. The number of aliphatic hydroxyl groups excluding tert-OH is 1. The number of aliphatic imine (C=N–C) groups is 1. The molecule has 1 aromatic carbocycles. The molecule has 0 amide bonds. The normalized spacial score (nSPS) is 22.0. The summed E-state index contributed by atoms with van der Waals surface area (Å²) in [5, 5.41) is 16.6. The van der Waals surface area contributed by atoms with E-state index in [1.165, 1.54) is 6.07 Å². The number of nitrogens with zero attached hydrogens (tertiary/aromatic N) is 1. The van der Waals surface area contributed by atoms with Crippen LogP contribution < -0.4 is 10.6 Å². The largest absolute Gasteiger partial charge is 0.393 e. The highest BCUT2D eigenvalue weighted by Crippen LogP contribution is 2.20. The maximum atomic E-state index is 13.7. The molecule has 1 aromatic rings. The molecule has 0 atom stereocenters. The second-order valence-electron chi connectivity index (χ2n) is 5.86. The van der Waals surface area contributed by atoms with Crippen LogP contribution in [0.3, 0.4) is 0 Å². The van der Waals surface area contributed by atoms with Crippen LogP contribution in [0.15, 0.2) is 23.2 Å². The van der Waals surface area contributed by atoms with Crippen LogP contribution in [-0.4, -0.2) is 36.3 Å². The van der Waals surface area contributed by atoms with Gasteiger partial charge < -0.3 is 15.7 Å². The Balaban J connectivity index is 1.91. The lowest BCUT2D eigenvalue weighted by Crippen LogP contribution is -2.45. The van der Waals surface area contributed by atoms with Gasteiger partial charge in [0, 0.05) is 29.7 Å². The maximum Gasteiger partial charge on any atom is 0.191 e. The molecule has 0 unspecified atom stereocenters. The van der Waals surface area contributed by atoms with Gasteiger partial charge in [0.2, 0.25) is 0 Å². The third-order valence-electron chi connectivity index (χ3n) is 4.08. The Morgan fingerprint density at radius 1 is 1.35 bits per heavy atom. The van der Waals surface area contributed by atoms with Gasteiger partial charge in [-0.1, -0.05) is 17.7 Å². The molecule has 1 aliphatic rings. The number of benzene rings is 1. The minimum atomic E-state index is -0.285. The number of hydrogen-bond donors (Lipinski definition) is 3. The van der Waals surface area contributed by atoms with Gasteiger partial charge in [0.25, 0.3) is 0 Å². The zero-order valence-corrected chi connectivity index (χ0v) is 14.2. The smallest absolute Gasteiger partial charge is 0.191 e. The predicted octanol–water partition coefficient (Wildman–Crippen LogP) is 2.88. The summed E-state index contributed by atoms with van der Waals surface area (Å²) >= 11 is 6.03. The standard InChI is InChI=1S/C17H25ClFN3O/c1-2-20-17(22-12-6-8-13(23)9-7-12)21-11-10-14-15(18)4-3-5-16(14)19/h3-5,12-13,23H,2,6-11H2,1H3,(H2,20,21,22). The van der Waals surface area contributed by atoms with E-state index in [0.717, 1.165) is 38.2 Å². The summed E-state index contributed by atoms with van der Waals surface area (Å²) in [6.45, 7) is 3.24. The van der Waals surface area contributed by atoms with Gasteiger partial charge in [-0.25, -0.2) is 4.39 Å². The summed E-state index contributed by atoms with van der Waals surface area (Å²) in [5.74, 6) is 0.452. The van der Waals surface area contributed by atoms with Crippen molar-refractivity contribution in [3.8, 4) is 0 Å². The van der Waals surface area contributed by atoms with Gasteiger partial charge in [0.1, 0.15) is 5.82 Å². The number of guanidine groups is 1. The zero-order chi connectivity index (χ0) is 16.7. The Labute approximate surface area is 142 Å². The molecule has 128 valence electrons. The van der Waals surface area contributed by atoms with Crippen LogP contribution in [0.5, 0.6) is 0 Å². The van der Waals surface area contributed by atoms with E-state index in [0.29, 0.717) is 29.6 Å². The number of hydrogen-bond acceptors (Lipinski definition) is 2. The first-order valence-electron chi connectivity index (χ1n) is 8.26. The van der Waals surface area contributed by atoms with Gasteiger partial charge in [-0.3, -0.25) is 4.99 Å². The molecule has 0 spiro atoms. The Morgan fingerprint density at radius 3 is 2.74 bits per heavy atom. The number of rotatable bonds is 5. The van der Waals surface area contributed by atoms with Crippen molar-refractivity contribution in [2.75, 3.05) is 13.1 Å². The monoisotopic (exact) mass is 341 g/mol. The molecule has 3 N–H and O–H groups in total. The summed E-state index contributed by atoms with van der Waals surface area (Å²) < 4.78 is 13.7. The first-order valence-corrected chi connectivity index (χ1v) is 8.63. The molecule has 0 saturated heterocycles. The molecule has 1 aliphatic carbocycles. The molecule has 0 aromatic heterocycles. The van der Waals surface area contributed by atoms with Crippen LogP contribution in [0.4, 0.5) is 4.39 Å². The Hall–Kier alpha value is -1.33. The van der Waals surface area contributed by atoms with Crippen molar-refractivity contribution in [3.63, 3.8) is 0 Å². The van der Waals surface area contributed by atoms with E-state index in [9.17, 15) is 9.50 Å². The highest BCUT2D eigenvalue weighted by atomic mass is 35.5. The Bertz CT molecular complexity index is 510. The van der Waals surface area contributed by atoms with E-state index in [-0.39, 0.29) is 11.9 Å². The molecule has 0 bridgehead atoms. The summed E-state index contributed by atoms with van der Waals surface area (Å²) in [4.78, 5) is 4.51. The number of aliphatic hydroxyl groups is 1. The van der Waals surface area contributed by atoms with Gasteiger partial charge in [-0.05, 0) is 51.2 Å². The second kappa shape index (κ2) is 9.08. The zero-order valence-electron chi connectivity index (χ0n) is 13.5. The van der Waals surface area contributed by atoms with Gasteiger partial charge in [-0.15, -0.1) is 0 Å². The fourth-order valence-corrected chi connectivity index (χ4v) is 3.04. The molecule has 1 fully saturated rings. The minimum absolute atomic E-state index is 0.171. The average molecular weight is 342 g/mol. The van der Waals surface area contributed by atoms with Crippen LogP contribution in [0, 0.1) is 5.82 Å². The van der Waals surface area contributed by atoms with Crippen molar-refractivity contribution in [2.45, 2.75) is 51.2 Å². The van der Waals surface area contributed by atoms with Gasteiger partial charge in [0.15, 0.2) is 5.96 Å². The lowest BCUT2D eigenvalue weighted by atomic mass is 9.93. The van der Waals surface area contributed by atoms with Crippen molar-refractivity contribution < 1.29 is 9.50 Å². The first-order chi connectivity index (χ1) is 11.1. The summed E-state index contributed by atoms with van der Waals surface area (Å²) in [5.41, 5.74) is 0.509. The van der Waals surface area contributed by atoms with Crippen LogP contribution >= 0.6 is 11.6 Å². The quantitative estimate of drug-likeness (QED) is 0.570. The van der Waals surface area contributed by atoms with Crippen LogP contribution in [-0.2, 0) is 6.42 Å². The van der Waals surface area contributed by atoms with Gasteiger partial charge in [-0.2, -0.15) is 0 Å². The van der Waals surface area contributed by atoms with Crippen LogP contribution in [0.2, 0.25) is 5.02 Å². The van der Waals surface area contributed by atoms with Gasteiger partial charge in [0.05, 0.1) is 6.10 Å². The van der Waals surface area contributed by atoms with Crippen LogP contribution in [0.1, 0.15) is 38.2 Å². The van der Waals surface area contributed by atoms with Crippen molar-refractivity contribution in [3.05, 3.63) is 34.6 Å². The minimum Gasteiger partial charge on any atom is -0.393 e. The summed E-state index contributed by atoms with van der Waals surface area (Å²) in [6, 6.07) is 5.05. The first kappa shape index (κ1) is 18.0. The van der Waals surface area contributed by atoms with E-state index < -0.39 is 0 Å². The molecule has 2 rings (SSSR count). The average Bonchev–Trinajstić information content (AvgIpc) is 2.52. The molecule has 23 heavy (non-hydrogen) atoms. The molecule has 1 saturated carbocycles. The molecular weight excluding hydrogens is 317 g/mol. The van der Waals surface area contributed by atoms with Crippen molar-refractivity contribution in [2.24, 2.45) is 4.99 Å². The lowest BCUT2D eigenvalue weighted by Gasteiger charge is -2.27. The summed E-state index contributed by atoms with van der Waals surface area (Å²) in [6.07, 6.45) is 3.81. The van der Waals surface area contributed by atoms with E-state index in [4.69, 9.17) is 11.6 Å². The second-order valence-corrected chi connectivity index (χ2v) is 6.27. The Kier molecular flexibility index (Phi) is 7.12. The third kappa shape index (κ3) is 5.66. The molecular formula is C17H25ClFN3O. The fourth-order valence-electron chi connectivity index (χ4n) is 2.78. The van der Waals surface area contributed by atoms with Crippen molar-refractivity contribution in [1.82, 2.24) is 10.6 Å². The highest BCUT2D eigenvalue weighted by molar-refractivity contribution is 6.31. The molecule has 6 heteroatoms. The fraction of sp³-hybridized carbons (Fsp3) is 0.588. The topological polar surface area (TPSA) is 56.7 Å². The third-order valence-corrected chi connectivity index (χ3v) is 4.43. The highest BCUT2D eigenvalue weighted by Gasteiger charge is 2.19. The van der Waals surface area contributed by atoms with Crippen molar-refractivity contribution in [1.29, 1.82) is 0 Å². The van der Waals surface area contributed by atoms with E-state index in [1.54, 1.807) is 12.1 Å². The molecule has 0 radical (unpaired) electrons. The predicted molar refractivity (Wildman–Crippen MR) is 92.5 cm³/mol. The SMILES string of the molecule is CCNC(=NCCc1c(F)cccc1Cl)NC1CCC(O)CC1. The van der Waals surface area contributed by atoms with Crippen LogP contribution in [0.25, 0.3) is 0 Å². The van der Waals surface area contributed by atoms with E-state index in [2.05, 4.69) is 15.6 Å². The summed E-state index contributed by atoms with van der Waals surface area (Å²) in [7, 11) is 0. The number of nitrogens with one attached hydrogen (secondary N) is 2. The van der Waals surface area contributed by atoms with E-state index >= 15 is 0 Å². The molecule has 4 nitrogen and oxygen atoms in total. The molecule has 0 aliphatic heterocycles.